The summed E-state index contributed by atoms with van der Waals surface area (Å²) in [6.45, 7) is 17.0. The van der Waals surface area contributed by atoms with Gasteiger partial charge < -0.3 is 91.7 Å². The summed E-state index contributed by atoms with van der Waals surface area (Å²) < 4.78 is 15.7. The second-order valence-electron chi connectivity index (χ2n) is 17.4. The van der Waals surface area contributed by atoms with E-state index in [4.69, 9.17) is 36.7 Å². The van der Waals surface area contributed by atoms with Gasteiger partial charge in [-0.3, -0.25) is 38.4 Å². The zero-order chi connectivity index (χ0) is 57.4. The third kappa shape index (κ3) is 45.5. The number of amides is 7. The maximum Gasteiger partial charge on any atom is 0.308 e. The number of hydrogen-bond acceptors (Lipinski definition) is 17. The molecule has 0 aliphatic rings. The van der Waals surface area contributed by atoms with Crippen molar-refractivity contribution >= 4 is 47.3 Å². The molecule has 77 heavy (non-hydrogen) atoms. The molecule has 16 N–H and O–H groups in total. The standard InChI is InChI=1S/C23H34N6O6.C20H39N9O5.C4H13N3.ClH/c1-16(2)13-19(27-17(3)30)23(33)28-20(22(32)25-9-11-34-12-10-26-29-24)14-21(31)35-15-18-7-5-4-6-8-18;1-14(2)12-16(27-15(3)30)20(33)28-17(13-18(31)24-7-6-23-5-4-21)19(32)25-8-10-34-11-9-26-29-22;5-1-3-7-4-2-6;/h4-8,16,19-20H,9-15H2,1-3H3,(H,25,32)(H,27,30)(H,28,33);14,16-17,23H,4-13,21H2,1-3H3,(H,24,31)(H,25,32)(H,27,30)(H,28,33);7H,1-6H2;1H/t19-,20+;16-,17+;;/m11../s1. The van der Waals surface area contributed by atoms with Crippen molar-refractivity contribution in [2.24, 2.45) is 33.5 Å². The number of carbonyl (C=O) groups excluding carboxylic acids is 8. The van der Waals surface area contributed by atoms with E-state index < -0.39 is 66.1 Å². The quantitative estimate of drug-likeness (QED) is 0.00965. The zero-order valence-electron chi connectivity index (χ0n) is 45.6. The molecule has 7 amide bonds. The van der Waals surface area contributed by atoms with Crippen molar-refractivity contribution in [2.45, 2.75) is 98.0 Å². The van der Waals surface area contributed by atoms with E-state index in [0.29, 0.717) is 39.0 Å². The molecule has 0 saturated heterocycles. The fraction of sp³-hybridized carbons (Fsp3) is 0.702. The lowest BCUT2D eigenvalue weighted by Crippen LogP contribution is -3.00. The van der Waals surface area contributed by atoms with Crippen LogP contribution in [-0.2, 0) is 59.2 Å². The number of ether oxygens (including phenoxy) is 3. The fourth-order valence-electron chi connectivity index (χ4n) is 6.19. The Labute approximate surface area is 457 Å². The second kappa shape index (κ2) is 50.4. The number of halogens is 1. The molecule has 4 atom stereocenters. The summed E-state index contributed by atoms with van der Waals surface area (Å²) >= 11 is 0. The summed E-state index contributed by atoms with van der Waals surface area (Å²) in [5.74, 6) is -3.87. The summed E-state index contributed by atoms with van der Waals surface area (Å²) in [4.78, 5) is 104. The second-order valence-corrected chi connectivity index (χ2v) is 17.4. The number of nitrogens with two attached hydrogens (primary N) is 2. The molecule has 0 saturated carbocycles. The largest absolute Gasteiger partial charge is 1.00 e. The van der Waals surface area contributed by atoms with Crippen molar-refractivity contribution in [3.63, 3.8) is 0 Å². The van der Waals surface area contributed by atoms with E-state index in [2.05, 4.69) is 73.6 Å². The number of rotatable bonds is 39. The number of nitrogens with zero attached hydrogens (tertiary/aromatic N) is 6. The van der Waals surface area contributed by atoms with Crippen molar-refractivity contribution < 1.29 is 70.7 Å². The van der Waals surface area contributed by atoms with Crippen molar-refractivity contribution in [1.82, 2.24) is 47.9 Å². The Bertz CT molecular complexity index is 1910. The van der Waals surface area contributed by atoms with Crippen LogP contribution in [0.15, 0.2) is 40.6 Å². The van der Waals surface area contributed by atoms with Crippen LogP contribution in [-0.4, -0.2) is 176 Å². The van der Waals surface area contributed by atoms with E-state index in [0.717, 1.165) is 31.7 Å². The Kier molecular flexibility index (Phi) is 49.0. The van der Waals surface area contributed by atoms with Gasteiger partial charge in [0.2, 0.25) is 41.4 Å². The van der Waals surface area contributed by atoms with Crippen LogP contribution in [0.2, 0.25) is 0 Å². The molecule has 0 heterocycles. The Balaban J connectivity index is -0.00000125. The number of carbonyl (C=O) groups is 8. The molecule has 0 radical (unpaired) electrons. The number of esters is 1. The molecule has 0 aliphatic carbocycles. The lowest BCUT2D eigenvalue weighted by Gasteiger charge is -2.23. The molecule has 438 valence electrons. The maximum atomic E-state index is 12.8. The first-order valence-corrected chi connectivity index (χ1v) is 25.3. The molecule has 29 nitrogen and oxygen atoms in total. The van der Waals surface area contributed by atoms with Crippen LogP contribution in [0.5, 0.6) is 0 Å². The highest BCUT2D eigenvalue weighted by molar-refractivity contribution is 5.95. The molecule has 0 fully saturated rings. The third-order valence-corrected chi connectivity index (χ3v) is 9.58. The molecule has 0 spiro atoms. The number of benzene rings is 1. The van der Waals surface area contributed by atoms with Crippen molar-refractivity contribution in [3.05, 3.63) is 56.8 Å². The number of nitrogens with one attached hydrogen (secondary N) is 9. The van der Waals surface area contributed by atoms with Crippen LogP contribution in [0.3, 0.4) is 0 Å². The topological polar surface area (TPSA) is 450 Å². The average molecular weight is 1120 g/mol. The molecular weight excluding hydrogens is 1030 g/mol. The number of quaternary nitrogens is 1. The molecule has 1 aromatic rings. The highest BCUT2D eigenvalue weighted by Gasteiger charge is 2.30. The van der Waals surface area contributed by atoms with Gasteiger partial charge in [-0.25, -0.2) is 0 Å². The minimum Gasteiger partial charge on any atom is -1.00 e. The number of hydrogen-bond donors (Lipinski definition) is 12. The Hall–Kier alpha value is -6.39. The van der Waals surface area contributed by atoms with Crippen LogP contribution in [0.25, 0.3) is 20.9 Å². The first-order valence-electron chi connectivity index (χ1n) is 25.3. The van der Waals surface area contributed by atoms with Gasteiger partial charge in [-0.15, -0.1) is 0 Å². The molecular formula is C47H87ClN18O11. The maximum absolute atomic E-state index is 12.8. The molecule has 0 aliphatic heterocycles. The van der Waals surface area contributed by atoms with Crippen LogP contribution in [0, 0.1) is 11.8 Å². The SMILES string of the molecule is CC(=O)N[C@H](CC(C)C)C(=O)N[C@@H](CC(=O)NCCNCC[NH3+])C(=O)NCCOCCN=[N+]=[N-].CC(=O)N[C@H](CC(C)C)C(=O)N[C@@H](CC(=O)OCc1ccccc1)C(=O)NCCOCCN=[N+]=[N-].NCCNCCN.[Cl-]. The van der Waals surface area contributed by atoms with Gasteiger partial charge >= 0.3 is 5.97 Å². The van der Waals surface area contributed by atoms with Gasteiger partial charge in [-0.1, -0.05) is 68.3 Å². The lowest BCUT2D eigenvalue weighted by molar-refractivity contribution is -0.365. The molecule has 0 unspecified atom stereocenters. The van der Waals surface area contributed by atoms with E-state index >= 15 is 0 Å². The predicted octanol–water partition coefficient (Wildman–Crippen LogP) is -5.10. The highest BCUT2D eigenvalue weighted by Crippen LogP contribution is 2.09. The van der Waals surface area contributed by atoms with E-state index in [9.17, 15) is 38.4 Å². The van der Waals surface area contributed by atoms with E-state index in [1.54, 1.807) is 12.1 Å². The highest BCUT2D eigenvalue weighted by atomic mass is 35.5. The van der Waals surface area contributed by atoms with Gasteiger partial charge in [0.1, 0.15) is 30.8 Å². The van der Waals surface area contributed by atoms with Gasteiger partial charge in [-0.05, 0) is 41.3 Å². The van der Waals surface area contributed by atoms with Crippen molar-refractivity contribution in [1.29, 1.82) is 0 Å². The Morgan fingerprint density at radius 2 is 1.04 bits per heavy atom. The van der Waals surface area contributed by atoms with Gasteiger partial charge in [0.25, 0.3) is 0 Å². The fourth-order valence-corrected chi connectivity index (χ4v) is 6.19. The van der Waals surface area contributed by atoms with Gasteiger partial charge in [-0.2, -0.15) is 0 Å². The van der Waals surface area contributed by atoms with E-state index in [1.165, 1.54) is 13.8 Å². The van der Waals surface area contributed by atoms with Crippen molar-refractivity contribution in [2.75, 3.05) is 105 Å². The van der Waals surface area contributed by atoms with Crippen LogP contribution < -0.4 is 77.5 Å². The normalized spacial score (nSPS) is 11.8. The Morgan fingerprint density at radius 1 is 0.584 bits per heavy atom. The van der Waals surface area contributed by atoms with Crippen LogP contribution in [0.1, 0.15) is 72.8 Å². The van der Waals surface area contributed by atoms with Crippen LogP contribution >= 0.6 is 0 Å². The zero-order valence-corrected chi connectivity index (χ0v) is 46.4. The minimum absolute atomic E-state index is 0. The molecule has 30 heteroatoms. The molecule has 1 rings (SSSR count). The summed E-state index contributed by atoms with van der Waals surface area (Å²) in [6, 6.07) is 5.03. The predicted molar refractivity (Wildman–Crippen MR) is 284 cm³/mol. The minimum atomic E-state index is -1.21. The monoisotopic (exact) mass is 1110 g/mol. The lowest BCUT2D eigenvalue weighted by atomic mass is 10.0. The molecule has 1 aromatic carbocycles. The summed E-state index contributed by atoms with van der Waals surface area (Å²) in [6.07, 6.45) is 0.0792. The van der Waals surface area contributed by atoms with Gasteiger partial charge in [0.05, 0.1) is 45.8 Å². The first-order chi connectivity index (χ1) is 36.3. The first kappa shape index (κ1) is 74.8. The van der Waals surface area contributed by atoms with Crippen LogP contribution in [0.4, 0.5) is 0 Å². The van der Waals surface area contributed by atoms with E-state index in [-0.39, 0.29) is 102 Å². The smallest absolute Gasteiger partial charge is 0.308 e. The molecule has 0 aromatic heterocycles. The Morgan fingerprint density at radius 3 is 1.45 bits per heavy atom. The summed E-state index contributed by atoms with van der Waals surface area (Å²) in [5.41, 5.74) is 31.3. The number of azide groups is 2. The van der Waals surface area contributed by atoms with Gasteiger partial charge in [0, 0.05) is 95.7 Å². The summed E-state index contributed by atoms with van der Waals surface area (Å²) in [5, 5.41) is 31.0. The van der Waals surface area contributed by atoms with Crippen molar-refractivity contribution in [3.8, 4) is 0 Å². The third-order valence-electron chi connectivity index (χ3n) is 9.58. The molecule has 0 bridgehead atoms. The van der Waals surface area contributed by atoms with Gasteiger partial charge in [0.15, 0.2) is 0 Å². The summed E-state index contributed by atoms with van der Waals surface area (Å²) in [7, 11) is 0. The average Bonchev–Trinajstić information content (AvgIpc) is 3.36. The van der Waals surface area contributed by atoms with E-state index in [1.807, 2.05) is 45.9 Å².